The van der Waals surface area contributed by atoms with Crippen molar-refractivity contribution in [1.82, 2.24) is 0 Å². The molecule has 0 aromatic heterocycles. The van der Waals surface area contributed by atoms with Gasteiger partial charge in [-0.1, -0.05) is 36.3 Å². The van der Waals surface area contributed by atoms with Gasteiger partial charge in [0.05, 0.1) is 0 Å². The number of hydrogen-bond acceptors (Lipinski definition) is 1. The van der Waals surface area contributed by atoms with Crippen molar-refractivity contribution in [2.45, 2.75) is 12.8 Å². The zero-order chi connectivity index (χ0) is 10.8. The zero-order valence-corrected chi connectivity index (χ0v) is 8.57. The number of hydrogen-bond donors (Lipinski definition) is 1. The third-order valence-corrected chi connectivity index (χ3v) is 2.63. The highest BCUT2D eigenvalue weighted by Crippen LogP contribution is 2.32. The van der Waals surface area contributed by atoms with Crippen LogP contribution in [0.1, 0.15) is 18.4 Å². The van der Waals surface area contributed by atoms with E-state index in [0.29, 0.717) is 0 Å². The first-order valence-corrected chi connectivity index (χ1v) is 4.91. The summed E-state index contributed by atoms with van der Waals surface area (Å²) in [6, 6.07) is 11.5. The second-order valence-electron chi connectivity index (χ2n) is 3.61. The van der Waals surface area contributed by atoms with Crippen LogP contribution in [0.4, 0.5) is 0 Å². The molecule has 1 heteroatoms. The maximum Gasteiger partial charge on any atom is 0.120 e. The number of benzene rings is 2. The Hall–Kier alpha value is -1.94. The fourth-order valence-corrected chi connectivity index (χ4v) is 1.82. The molecule has 0 aliphatic carbocycles. The van der Waals surface area contributed by atoms with Crippen molar-refractivity contribution in [3.63, 3.8) is 0 Å². The van der Waals surface area contributed by atoms with Crippen molar-refractivity contribution >= 4 is 10.8 Å². The van der Waals surface area contributed by atoms with Gasteiger partial charge in [0.25, 0.3) is 0 Å². The molecule has 2 rings (SSSR count). The maximum atomic E-state index is 9.81. The van der Waals surface area contributed by atoms with Gasteiger partial charge in [-0.15, -0.1) is 6.42 Å². The molecule has 15 heavy (non-hydrogen) atoms. The fourth-order valence-electron chi connectivity index (χ4n) is 1.82. The average Bonchev–Trinajstić information content (AvgIpc) is 2.28. The summed E-state index contributed by atoms with van der Waals surface area (Å²) in [7, 11) is 0. The first kappa shape index (κ1) is 9.61. The lowest BCUT2D eigenvalue weighted by Crippen LogP contribution is -1.92. The second kappa shape index (κ2) is 3.67. The highest BCUT2D eigenvalue weighted by molar-refractivity contribution is 5.88. The van der Waals surface area contributed by atoms with E-state index in [1.54, 1.807) is 6.07 Å². The maximum absolute atomic E-state index is 9.81. The molecule has 0 heterocycles. The van der Waals surface area contributed by atoms with Crippen LogP contribution in [-0.4, -0.2) is 5.11 Å². The van der Waals surface area contributed by atoms with Gasteiger partial charge >= 0.3 is 0 Å². The van der Waals surface area contributed by atoms with Crippen molar-refractivity contribution in [3.05, 3.63) is 42.0 Å². The molecule has 2 aromatic carbocycles. The Bertz CT molecular complexity index is 535. The normalized spacial score (nSPS) is 12.3. The molecular formula is C14H12O. The number of terminal acetylenes is 1. The summed E-state index contributed by atoms with van der Waals surface area (Å²) in [4.78, 5) is 0. The van der Waals surface area contributed by atoms with Crippen molar-refractivity contribution in [3.8, 4) is 18.1 Å². The van der Waals surface area contributed by atoms with Gasteiger partial charge in [0.1, 0.15) is 5.75 Å². The van der Waals surface area contributed by atoms with E-state index >= 15 is 0 Å². The van der Waals surface area contributed by atoms with Gasteiger partial charge < -0.3 is 5.11 Å². The van der Waals surface area contributed by atoms with E-state index in [1.807, 2.05) is 37.3 Å². The smallest absolute Gasteiger partial charge is 0.120 e. The lowest BCUT2D eigenvalue weighted by atomic mass is 9.94. The standard InChI is InChI=1S/C14H12O/c1-3-10(2)14-12-7-5-4-6-11(12)8-9-13(14)15/h1,4-10,15H,2H3. The molecule has 0 fully saturated rings. The lowest BCUT2D eigenvalue weighted by Gasteiger charge is -2.11. The second-order valence-corrected chi connectivity index (χ2v) is 3.61. The van der Waals surface area contributed by atoms with Gasteiger partial charge in [0.15, 0.2) is 0 Å². The van der Waals surface area contributed by atoms with Crippen LogP contribution in [0.3, 0.4) is 0 Å². The molecule has 0 spiro atoms. The molecule has 1 unspecified atom stereocenters. The summed E-state index contributed by atoms with van der Waals surface area (Å²) >= 11 is 0. The van der Waals surface area contributed by atoms with E-state index < -0.39 is 0 Å². The predicted molar refractivity (Wildman–Crippen MR) is 62.9 cm³/mol. The topological polar surface area (TPSA) is 20.2 Å². The van der Waals surface area contributed by atoms with Gasteiger partial charge in [-0.2, -0.15) is 0 Å². The van der Waals surface area contributed by atoms with Gasteiger partial charge in [-0.05, 0) is 23.8 Å². The van der Waals surface area contributed by atoms with E-state index in [4.69, 9.17) is 6.42 Å². The molecule has 74 valence electrons. The SMILES string of the molecule is C#CC(C)c1c(O)ccc2ccccc12. The van der Waals surface area contributed by atoms with Crippen LogP contribution >= 0.6 is 0 Å². The van der Waals surface area contributed by atoms with Crippen molar-refractivity contribution < 1.29 is 5.11 Å². The molecule has 0 saturated heterocycles. The quantitative estimate of drug-likeness (QED) is 0.694. The van der Waals surface area contributed by atoms with E-state index in [0.717, 1.165) is 16.3 Å². The Labute approximate surface area is 89.4 Å². The Kier molecular flexibility index (Phi) is 2.35. The number of fused-ring (bicyclic) bond motifs is 1. The van der Waals surface area contributed by atoms with Crippen LogP contribution in [0.25, 0.3) is 10.8 Å². The van der Waals surface area contributed by atoms with E-state index in [2.05, 4.69) is 5.92 Å². The highest BCUT2D eigenvalue weighted by Gasteiger charge is 2.11. The Morgan fingerprint density at radius 2 is 1.93 bits per heavy atom. The summed E-state index contributed by atoms with van der Waals surface area (Å²) in [5, 5.41) is 11.9. The number of phenolic OH excluding ortho intramolecular Hbond substituents is 1. The minimum absolute atomic E-state index is 0.0731. The molecule has 0 bridgehead atoms. The molecule has 0 aliphatic heterocycles. The predicted octanol–water partition coefficient (Wildman–Crippen LogP) is 3.28. The van der Waals surface area contributed by atoms with Crippen LogP contribution in [-0.2, 0) is 0 Å². The highest BCUT2D eigenvalue weighted by atomic mass is 16.3. The lowest BCUT2D eigenvalue weighted by molar-refractivity contribution is 0.468. The largest absolute Gasteiger partial charge is 0.508 e. The number of aromatic hydroxyl groups is 1. The van der Waals surface area contributed by atoms with Crippen molar-refractivity contribution in [1.29, 1.82) is 0 Å². The number of rotatable bonds is 1. The van der Waals surface area contributed by atoms with Gasteiger partial charge in [0, 0.05) is 11.5 Å². The van der Waals surface area contributed by atoms with E-state index in [1.165, 1.54) is 0 Å². The van der Waals surface area contributed by atoms with Crippen LogP contribution in [0, 0.1) is 12.3 Å². The summed E-state index contributed by atoms with van der Waals surface area (Å²) in [6.07, 6.45) is 5.40. The van der Waals surface area contributed by atoms with E-state index in [9.17, 15) is 5.11 Å². The summed E-state index contributed by atoms with van der Waals surface area (Å²) < 4.78 is 0. The molecule has 0 saturated carbocycles. The summed E-state index contributed by atoms with van der Waals surface area (Å²) in [5.41, 5.74) is 0.843. The van der Waals surface area contributed by atoms with Gasteiger partial charge in [-0.25, -0.2) is 0 Å². The van der Waals surface area contributed by atoms with Crippen molar-refractivity contribution in [2.75, 3.05) is 0 Å². The van der Waals surface area contributed by atoms with Crippen molar-refractivity contribution in [2.24, 2.45) is 0 Å². The Balaban J connectivity index is 2.81. The summed E-state index contributed by atoms with van der Waals surface area (Å²) in [5.74, 6) is 2.86. The molecule has 0 amide bonds. The third-order valence-electron chi connectivity index (χ3n) is 2.63. The minimum Gasteiger partial charge on any atom is -0.508 e. The molecule has 0 radical (unpaired) electrons. The molecule has 2 aromatic rings. The molecule has 1 N–H and O–H groups in total. The number of phenols is 1. The van der Waals surface area contributed by atoms with E-state index in [-0.39, 0.29) is 11.7 Å². The zero-order valence-electron chi connectivity index (χ0n) is 8.57. The molecule has 1 atom stereocenters. The van der Waals surface area contributed by atoms with Crippen LogP contribution in [0.5, 0.6) is 5.75 Å². The van der Waals surface area contributed by atoms with Gasteiger partial charge in [-0.3, -0.25) is 0 Å². The molecule has 1 nitrogen and oxygen atoms in total. The summed E-state index contributed by atoms with van der Waals surface area (Å²) in [6.45, 7) is 1.92. The van der Waals surface area contributed by atoms with Crippen LogP contribution in [0.2, 0.25) is 0 Å². The first-order valence-electron chi connectivity index (χ1n) is 4.91. The first-order chi connectivity index (χ1) is 7.24. The fraction of sp³-hybridized carbons (Fsp3) is 0.143. The molecule has 0 aliphatic rings. The monoisotopic (exact) mass is 196 g/mol. The Morgan fingerprint density at radius 3 is 2.67 bits per heavy atom. The minimum atomic E-state index is -0.0731. The Morgan fingerprint density at radius 1 is 1.20 bits per heavy atom. The van der Waals surface area contributed by atoms with Gasteiger partial charge in [0.2, 0.25) is 0 Å². The average molecular weight is 196 g/mol. The van der Waals surface area contributed by atoms with Crippen LogP contribution < -0.4 is 0 Å². The third kappa shape index (κ3) is 1.55. The molecular weight excluding hydrogens is 184 g/mol. The van der Waals surface area contributed by atoms with Crippen LogP contribution in [0.15, 0.2) is 36.4 Å².